The van der Waals surface area contributed by atoms with Gasteiger partial charge in [-0.05, 0) is 13.0 Å². The van der Waals surface area contributed by atoms with Gasteiger partial charge in [0.1, 0.15) is 0 Å². The second-order valence-electron chi connectivity index (χ2n) is 0.606. The molecule has 0 bridgehead atoms. The molecule has 0 amide bonds. The number of hydrogen-bond donors (Lipinski definition) is 0. The van der Waals surface area contributed by atoms with Crippen molar-refractivity contribution in [2.24, 2.45) is 0 Å². The molecule has 0 aliphatic heterocycles. The normalized spacial score (nSPS) is 9.00. The van der Waals surface area contributed by atoms with Gasteiger partial charge in [0.25, 0.3) is 0 Å². The van der Waals surface area contributed by atoms with E-state index in [1.165, 1.54) is 0 Å². The summed E-state index contributed by atoms with van der Waals surface area (Å²) >= 11 is 0. The molecule has 0 aromatic rings. The van der Waals surface area contributed by atoms with Crippen molar-refractivity contribution in [2.75, 3.05) is 0 Å². The van der Waals surface area contributed by atoms with Crippen LogP contribution < -0.4 is 0 Å². The Labute approximate surface area is 32.8 Å². The van der Waals surface area contributed by atoms with E-state index in [0.29, 0.717) is 0 Å². The Bertz CT molecular complexity index is 42.0. The monoisotopic (exact) mass is 66.0 g/mol. The van der Waals surface area contributed by atoms with Gasteiger partial charge in [0.2, 0.25) is 0 Å². The Kier molecular flexibility index (Phi) is 3.12. The molecule has 5 heavy (non-hydrogen) atoms. The van der Waals surface area contributed by atoms with Gasteiger partial charge in [0.05, 0.1) is 0 Å². The van der Waals surface area contributed by atoms with Crippen molar-refractivity contribution in [3.05, 3.63) is 31.7 Å². The standard InChI is InChI=1S/C5H6/c1-3-5-4-2/h3,5H,1-2H2/b5-3+. The van der Waals surface area contributed by atoms with Gasteiger partial charge >= 0.3 is 0 Å². The average Bonchev–Trinajstić information content (AvgIpc) is 1.41. The first-order chi connectivity index (χ1) is 2.41. The Morgan fingerprint density at radius 3 is 2.20 bits per heavy atom. The topological polar surface area (TPSA) is 0 Å². The van der Waals surface area contributed by atoms with Crippen LogP contribution in [0.25, 0.3) is 0 Å². The Balaban J connectivity index is 2.92. The van der Waals surface area contributed by atoms with Crippen molar-refractivity contribution < 1.29 is 0 Å². The molecule has 2 radical (unpaired) electrons. The summed E-state index contributed by atoms with van der Waals surface area (Å²) in [6, 6.07) is 0. The minimum absolute atomic E-state index is 1.63. The first-order valence-corrected chi connectivity index (χ1v) is 1.38. The van der Waals surface area contributed by atoms with Crippen LogP contribution in [0.2, 0.25) is 0 Å². The van der Waals surface area contributed by atoms with Gasteiger partial charge in [-0.3, -0.25) is 0 Å². The van der Waals surface area contributed by atoms with E-state index in [2.05, 4.69) is 19.6 Å². The van der Waals surface area contributed by atoms with E-state index >= 15 is 0 Å². The quantitative estimate of drug-likeness (QED) is 0.405. The van der Waals surface area contributed by atoms with Gasteiger partial charge in [-0.15, -0.1) is 0 Å². The molecular weight excluding hydrogens is 60.1 g/mol. The molecular formula is C5H6. The zero-order valence-corrected chi connectivity index (χ0v) is 3.07. The van der Waals surface area contributed by atoms with Crippen LogP contribution >= 0.6 is 0 Å². The lowest BCUT2D eigenvalue weighted by molar-refractivity contribution is 1.92. The molecule has 0 N–H and O–H groups in total. The largest absolute Gasteiger partial charge is 0.0912 e. The van der Waals surface area contributed by atoms with Crippen LogP contribution in [0.3, 0.4) is 0 Å². The highest BCUT2D eigenvalue weighted by Gasteiger charge is 1.43. The van der Waals surface area contributed by atoms with Crippen LogP contribution in [0.4, 0.5) is 0 Å². The molecule has 26 valence electrons. The molecule has 0 nitrogen and oxygen atoms in total. The Hall–Kier alpha value is -0.520. The number of hydrogen-bond acceptors (Lipinski definition) is 0. The minimum atomic E-state index is 1.63. The molecule has 0 aromatic carbocycles. The van der Waals surface area contributed by atoms with Crippen LogP contribution in [-0.2, 0) is 0 Å². The lowest BCUT2D eigenvalue weighted by Gasteiger charge is -1.54. The maximum absolute atomic E-state index is 3.39. The third-order valence-electron chi connectivity index (χ3n) is 0.236. The summed E-state index contributed by atoms with van der Waals surface area (Å²) in [5.41, 5.74) is 0. The zero-order chi connectivity index (χ0) is 4.12. The fourth-order valence-electron chi connectivity index (χ4n) is 0.0833. The highest BCUT2D eigenvalue weighted by atomic mass is 13.5. The average molecular weight is 66.1 g/mol. The highest BCUT2D eigenvalue weighted by Crippen LogP contribution is 1.62. The van der Waals surface area contributed by atoms with Crippen LogP contribution in [0.5, 0.6) is 0 Å². The summed E-state index contributed by atoms with van der Waals surface area (Å²) in [5.74, 6) is 0. The van der Waals surface area contributed by atoms with Gasteiger partial charge in [-0.2, -0.15) is 0 Å². The van der Waals surface area contributed by atoms with Gasteiger partial charge in [0.15, 0.2) is 0 Å². The smallest absolute Gasteiger partial charge is 0.0265 e. The molecule has 0 aromatic heterocycles. The molecule has 0 heteroatoms. The Morgan fingerprint density at radius 1 is 1.60 bits per heavy atom. The van der Waals surface area contributed by atoms with Crippen molar-refractivity contribution in [1.29, 1.82) is 0 Å². The molecule has 0 atom stereocenters. The lowest BCUT2D eigenvalue weighted by atomic mass is 10.5. The van der Waals surface area contributed by atoms with Crippen LogP contribution in [0.1, 0.15) is 0 Å². The second kappa shape index (κ2) is 3.48. The first kappa shape index (κ1) is 4.48. The van der Waals surface area contributed by atoms with E-state index in [9.17, 15) is 0 Å². The summed E-state index contributed by atoms with van der Waals surface area (Å²) in [6.45, 7) is 6.69. The first-order valence-electron chi connectivity index (χ1n) is 1.38. The summed E-state index contributed by atoms with van der Waals surface area (Å²) in [6.07, 6.45) is 5.81. The van der Waals surface area contributed by atoms with Gasteiger partial charge in [-0.25, -0.2) is 0 Å². The molecule has 0 saturated heterocycles. The lowest BCUT2D eigenvalue weighted by Crippen LogP contribution is -1.36. The SMILES string of the molecule is [CH2]/C=C/[C]=C. The van der Waals surface area contributed by atoms with Crippen molar-refractivity contribution in [1.82, 2.24) is 0 Å². The predicted octanol–water partition coefficient (Wildman–Crippen LogP) is 1.37. The Morgan fingerprint density at radius 2 is 2.20 bits per heavy atom. The van der Waals surface area contributed by atoms with E-state index < -0.39 is 0 Å². The van der Waals surface area contributed by atoms with E-state index in [4.69, 9.17) is 0 Å². The molecule has 0 spiro atoms. The zero-order valence-electron chi connectivity index (χ0n) is 3.07. The van der Waals surface area contributed by atoms with Gasteiger partial charge in [-0.1, -0.05) is 18.7 Å². The van der Waals surface area contributed by atoms with E-state index in [0.717, 1.165) is 0 Å². The molecule has 0 unspecified atom stereocenters. The highest BCUT2D eigenvalue weighted by molar-refractivity contribution is 4.91. The maximum Gasteiger partial charge on any atom is -0.0265 e. The third-order valence-corrected chi connectivity index (χ3v) is 0.236. The van der Waals surface area contributed by atoms with Crippen molar-refractivity contribution >= 4 is 0 Å². The number of allylic oxidation sites excluding steroid dienone is 3. The molecule has 0 heterocycles. The molecule has 0 fully saturated rings. The van der Waals surface area contributed by atoms with Crippen molar-refractivity contribution in [3.8, 4) is 0 Å². The van der Waals surface area contributed by atoms with Crippen LogP contribution in [-0.4, -0.2) is 0 Å². The third kappa shape index (κ3) is 3.48. The second-order valence-corrected chi connectivity index (χ2v) is 0.606. The molecule has 0 rings (SSSR count). The van der Waals surface area contributed by atoms with Gasteiger partial charge < -0.3 is 0 Å². The van der Waals surface area contributed by atoms with Gasteiger partial charge in [0, 0.05) is 0 Å². The number of rotatable bonds is 1. The van der Waals surface area contributed by atoms with E-state index in [1.54, 1.807) is 12.2 Å². The molecule has 0 aliphatic carbocycles. The fraction of sp³-hybridized carbons (Fsp3) is 0. The predicted molar refractivity (Wildman–Crippen MR) is 23.4 cm³/mol. The molecule has 0 saturated carbocycles. The summed E-state index contributed by atoms with van der Waals surface area (Å²) in [5, 5.41) is 0. The van der Waals surface area contributed by atoms with Crippen molar-refractivity contribution in [3.63, 3.8) is 0 Å². The minimum Gasteiger partial charge on any atom is -0.0912 e. The van der Waals surface area contributed by atoms with Crippen LogP contribution in [0, 0.1) is 13.0 Å². The maximum atomic E-state index is 3.39. The summed E-state index contributed by atoms with van der Waals surface area (Å²) in [4.78, 5) is 0. The van der Waals surface area contributed by atoms with E-state index in [1.807, 2.05) is 0 Å². The molecule has 0 aliphatic rings. The fourth-order valence-corrected chi connectivity index (χ4v) is 0.0833. The van der Waals surface area contributed by atoms with E-state index in [-0.39, 0.29) is 0 Å². The summed E-state index contributed by atoms with van der Waals surface area (Å²) in [7, 11) is 0. The van der Waals surface area contributed by atoms with Crippen LogP contribution in [0.15, 0.2) is 18.7 Å². The summed E-state index contributed by atoms with van der Waals surface area (Å²) < 4.78 is 0. The van der Waals surface area contributed by atoms with Crippen molar-refractivity contribution in [2.45, 2.75) is 0 Å².